The number of hydrogen-bond donors (Lipinski definition) is 0. The number of ether oxygens (including phenoxy) is 1. The van der Waals surface area contributed by atoms with Crippen molar-refractivity contribution in [1.82, 2.24) is 9.78 Å². The SMILES string of the molecule is O=C1O[C@H](Cn2ncc(Cl)c(Cl)c2=O)CN1c1ccccc1. The van der Waals surface area contributed by atoms with Gasteiger partial charge < -0.3 is 4.74 Å². The second-order valence-corrected chi connectivity index (χ2v) is 5.53. The van der Waals surface area contributed by atoms with Gasteiger partial charge in [0.15, 0.2) is 0 Å². The van der Waals surface area contributed by atoms with E-state index in [-0.39, 0.29) is 16.6 Å². The molecule has 1 aromatic heterocycles. The number of carbonyl (C=O) groups is 1. The highest BCUT2D eigenvalue weighted by atomic mass is 35.5. The molecule has 0 saturated carbocycles. The molecule has 1 amide bonds. The molecule has 1 fully saturated rings. The molecule has 8 heteroatoms. The smallest absolute Gasteiger partial charge is 0.414 e. The highest BCUT2D eigenvalue weighted by Crippen LogP contribution is 2.22. The first kappa shape index (κ1) is 14.9. The number of hydrogen-bond acceptors (Lipinski definition) is 4. The molecule has 1 aliphatic heterocycles. The Morgan fingerprint density at radius 1 is 1.23 bits per heavy atom. The van der Waals surface area contributed by atoms with Crippen LogP contribution in [0.25, 0.3) is 0 Å². The van der Waals surface area contributed by atoms with Crippen LogP contribution in [0.4, 0.5) is 10.5 Å². The third-order valence-corrected chi connectivity index (χ3v) is 4.01. The Hall–Kier alpha value is -2.05. The number of halogens is 2. The Morgan fingerprint density at radius 2 is 1.95 bits per heavy atom. The van der Waals surface area contributed by atoms with Gasteiger partial charge in [-0.25, -0.2) is 9.48 Å². The zero-order valence-corrected chi connectivity index (χ0v) is 12.8. The number of benzene rings is 1. The molecule has 6 nitrogen and oxygen atoms in total. The number of carbonyl (C=O) groups excluding carboxylic acids is 1. The van der Waals surface area contributed by atoms with E-state index in [0.717, 1.165) is 10.4 Å². The average molecular weight is 340 g/mol. The summed E-state index contributed by atoms with van der Waals surface area (Å²) in [5, 5.41) is 3.90. The predicted octanol–water partition coefficient (Wildman–Crippen LogP) is 2.58. The van der Waals surface area contributed by atoms with Crippen molar-refractivity contribution in [3.8, 4) is 0 Å². The van der Waals surface area contributed by atoms with E-state index in [1.807, 2.05) is 30.3 Å². The molecule has 3 rings (SSSR count). The number of anilines is 1. The van der Waals surface area contributed by atoms with Crippen LogP contribution >= 0.6 is 23.2 Å². The van der Waals surface area contributed by atoms with Crippen LogP contribution in [0.1, 0.15) is 0 Å². The lowest BCUT2D eigenvalue weighted by atomic mass is 10.3. The maximum Gasteiger partial charge on any atom is 0.414 e. The summed E-state index contributed by atoms with van der Waals surface area (Å²) >= 11 is 11.5. The topological polar surface area (TPSA) is 64.4 Å². The molecule has 0 bridgehead atoms. The summed E-state index contributed by atoms with van der Waals surface area (Å²) in [5.41, 5.74) is 0.229. The fourth-order valence-corrected chi connectivity index (χ4v) is 2.47. The minimum Gasteiger partial charge on any atom is -0.442 e. The second-order valence-electron chi connectivity index (χ2n) is 4.75. The highest BCUT2D eigenvalue weighted by Gasteiger charge is 2.33. The lowest BCUT2D eigenvalue weighted by molar-refractivity contribution is 0.128. The van der Waals surface area contributed by atoms with E-state index in [1.54, 1.807) is 0 Å². The molecule has 0 spiro atoms. The van der Waals surface area contributed by atoms with E-state index in [4.69, 9.17) is 27.9 Å². The number of nitrogens with zero attached hydrogens (tertiary/aromatic N) is 3. The number of rotatable bonds is 3. The van der Waals surface area contributed by atoms with E-state index >= 15 is 0 Å². The monoisotopic (exact) mass is 339 g/mol. The fourth-order valence-electron chi connectivity index (χ4n) is 2.20. The maximum atomic E-state index is 11.9. The summed E-state index contributed by atoms with van der Waals surface area (Å²) in [4.78, 5) is 25.4. The largest absolute Gasteiger partial charge is 0.442 e. The van der Waals surface area contributed by atoms with Crippen molar-refractivity contribution in [2.75, 3.05) is 11.4 Å². The first-order valence-electron chi connectivity index (χ1n) is 6.50. The van der Waals surface area contributed by atoms with Crippen molar-refractivity contribution >= 4 is 35.0 Å². The summed E-state index contributed by atoms with van der Waals surface area (Å²) in [6.07, 6.45) is 0.344. The second kappa shape index (κ2) is 5.98. The highest BCUT2D eigenvalue weighted by molar-refractivity contribution is 6.41. The van der Waals surface area contributed by atoms with E-state index in [2.05, 4.69) is 5.10 Å². The first-order valence-corrected chi connectivity index (χ1v) is 7.26. The van der Waals surface area contributed by atoms with E-state index in [1.165, 1.54) is 11.1 Å². The van der Waals surface area contributed by atoms with Gasteiger partial charge in [-0.15, -0.1) is 0 Å². The third kappa shape index (κ3) is 2.80. The van der Waals surface area contributed by atoms with Gasteiger partial charge in [-0.1, -0.05) is 41.4 Å². The summed E-state index contributed by atoms with van der Waals surface area (Å²) in [7, 11) is 0. The Morgan fingerprint density at radius 3 is 2.68 bits per heavy atom. The van der Waals surface area contributed by atoms with Crippen LogP contribution in [0.15, 0.2) is 41.3 Å². The van der Waals surface area contributed by atoms with Crippen molar-refractivity contribution in [2.45, 2.75) is 12.6 Å². The standard InChI is InChI=1S/C14H11Cl2N3O3/c15-11-6-17-19(13(20)12(11)16)8-10-7-18(14(21)22-10)9-4-2-1-3-5-9/h1-6,10H,7-8H2/t10-/m0/s1. The molecular formula is C14H11Cl2N3O3. The van der Waals surface area contributed by atoms with Gasteiger partial charge in [-0.3, -0.25) is 9.69 Å². The molecule has 1 saturated heterocycles. The van der Waals surface area contributed by atoms with Crippen LogP contribution in [0.3, 0.4) is 0 Å². The molecule has 1 aromatic carbocycles. The minimum absolute atomic E-state index is 0.0947. The lowest BCUT2D eigenvalue weighted by Crippen LogP contribution is -2.31. The van der Waals surface area contributed by atoms with Crippen LogP contribution in [-0.4, -0.2) is 28.5 Å². The minimum atomic E-state index is -0.511. The van der Waals surface area contributed by atoms with E-state index < -0.39 is 17.8 Å². The molecule has 0 N–H and O–H groups in total. The van der Waals surface area contributed by atoms with Gasteiger partial charge in [0.25, 0.3) is 5.56 Å². The van der Waals surface area contributed by atoms with Gasteiger partial charge in [-0.2, -0.15) is 5.10 Å². The lowest BCUT2D eigenvalue weighted by Gasteiger charge is -2.12. The van der Waals surface area contributed by atoms with Gasteiger partial charge >= 0.3 is 6.09 Å². The van der Waals surface area contributed by atoms with Gasteiger partial charge in [-0.05, 0) is 12.1 Å². The van der Waals surface area contributed by atoms with Crippen LogP contribution in [0.2, 0.25) is 10.0 Å². The maximum absolute atomic E-state index is 11.9. The molecule has 2 aromatic rings. The van der Waals surface area contributed by atoms with Gasteiger partial charge in [0.2, 0.25) is 0 Å². The van der Waals surface area contributed by atoms with Gasteiger partial charge in [0, 0.05) is 5.69 Å². The third-order valence-electron chi connectivity index (χ3n) is 3.26. The zero-order valence-electron chi connectivity index (χ0n) is 11.3. The molecule has 22 heavy (non-hydrogen) atoms. The number of para-hydroxylation sites is 1. The van der Waals surface area contributed by atoms with Gasteiger partial charge in [0.05, 0.1) is 24.3 Å². The molecule has 0 aliphatic carbocycles. The summed E-state index contributed by atoms with van der Waals surface area (Å²) < 4.78 is 6.41. The van der Waals surface area contributed by atoms with Gasteiger partial charge in [0.1, 0.15) is 11.1 Å². The Labute approximate surface area is 135 Å². The van der Waals surface area contributed by atoms with Crippen molar-refractivity contribution in [2.24, 2.45) is 0 Å². The summed E-state index contributed by atoms with van der Waals surface area (Å²) in [6, 6.07) is 9.16. The molecule has 0 unspecified atom stereocenters. The first-order chi connectivity index (χ1) is 10.6. The quantitative estimate of drug-likeness (QED) is 0.862. The molecule has 1 atom stereocenters. The molecular weight excluding hydrogens is 329 g/mol. The number of amides is 1. The Balaban J connectivity index is 1.77. The normalized spacial score (nSPS) is 17.6. The van der Waals surface area contributed by atoms with Crippen LogP contribution in [0.5, 0.6) is 0 Å². The summed E-state index contributed by atoms with van der Waals surface area (Å²) in [6.45, 7) is 0.446. The number of cyclic esters (lactones) is 1. The Bertz CT molecular complexity index is 764. The zero-order chi connectivity index (χ0) is 15.7. The van der Waals surface area contributed by atoms with E-state index in [9.17, 15) is 9.59 Å². The molecule has 1 aliphatic rings. The van der Waals surface area contributed by atoms with Crippen molar-refractivity contribution in [3.05, 3.63) is 56.9 Å². The average Bonchev–Trinajstić information content (AvgIpc) is 2.89. The van der Waals surface area contributed by atoms with Crippen LogP contribution in [-0.2, 0) is 11.3 Å². The molecule has 114 valence electrons. The van der Waals surface area contributed by atoms with Crippen molar-refractivity contribution in [3.63, 3.8) is 0 Å². The fraction of sp³-hybridized carbons (Fsp3) is 0.214. The summed E-state index contributed by atoms with van der Waals surface area (Å²) in [5.74, 6) is 0. The van der Waals surface area contributed by atoms with Crippen molar-refractivity contribution < 1.29 is 9.53 Å². The van der Waals surface area contributed by atoms with Crippen LogP contribution < -0.4 is 10.5 Å². The van der Waals surface area contributed by atoms with Crippen LogP contribution in [0, 0.1) is 0 Å². The molecule has 0 radical (unpaired) electrons. The van der Waals surface area contributed by atoms with Crippen molar-refractivity contribution in [1.29, 1.82) is 0 Å². The Kier molecular flexibility index (Phi) is 4.04. The molecule has 2 heterocycles. The number of aromatic nitrogens is 2. The predicted molar refractivity (Wildman–Crippen MR) is 82.6 cm³/mol. The van der Waals surface area contributed by atoms with E-state index in [0.29, 0.717) is 6.54 Å².